The van der Waals surface area contributed by atoms with Crippen LogP contribution >= 0.6 is 11.6 Å². The number of hydrogen-bond acceptors (Lipinski definition) is 6. The minimum Gasteiger partial charge on any atom is -0.335 e. The number of non-ortho nitro benzene ring substituents is 1. The van der Waals surface area contributed by atoms with Crippen molar-refractivity contribution in [1.82, 2.24) is 24.8 Å². The number of amides is 1. The second kappa shape index (κ2) is 9.01. The zero-order chi connectivity index (χ0) is 22.8. The normalized spacial score (nSPS) is 14.5. The summed E-state index contributed by atoms with van der Waals surface area (Å²) in [6, 6.07) is 10.6. The molecular formula is C21H20ClFN6O3. The van der Waals surface area contributed by atoms with Crippen LogP contribution in [0.4, 0.5) is 10.1 Å². The van der Waals surface area contributed by atoms with E-state index in [0.717, 1.165) is 0 Å². The number of aromatic nitrogens is 3. The van der Waals surface area contributed by atoms with Crippen LogP contribution in [0.15, 0.2) is 42.5 Å². The van der Waals surface area contributed by atoms with Crippen LogP contribution in [-0.4, -0.2) is 61.8 Å². The van der Waals surface area contributed by atoms with Gasteiger partial charge < -0.3 is 4.90 Å². The Morgan fingerprint density at radius 2 is 1.91 bits per heavy atom. The zero-order valence-corrected chi connectivity index (χ0v) is 18.0. The molecule has 32 heavy (non-hydrogen) atoms. The molecule has 11 heteroatoms. The van der Waals surface area contributed by atoms with Gasteiger partial charge in [-0.2, -0.15) is 0 Å². The lowest BCUT2D eigenvalue weighted by molar-refractivity contribution is -0.384. The SMILES string of the molecule is Cc1c(C(=O)N2CCN(Cc3c(F)cccc3Cl)CC2)nnn1-c1cccc([N+](=O)[O-])c1. The summed E-state index contributed by atoms with van der Waals surface area (Å²) in [5.41, 5.74) is 1.52. The molecule has 9 nitrogen and oxygen atoms in total. The van der Waals surface area contributed by atoms with E-state index in [4.69, 9.17) is 11.6 Å². The molecule has 0 unspecified atom stereocenters. The first-order chi connectivity index (χ1) is 15.3. The lowest BCUT2D eigenvalue weighted by Crippen LogP contribution is -2.48. The molecule has 0 radical (unpaired) electrons. The molecule has 166 valence electrons. The van der Waals surface area contributed by atoms with Gasteiger partial charge in [0.2, 0.25) is 0 Å². The Morgan fingerprint density at radius 3 is 2.59 bits per heavy atom. The first-order valence-electron chi connectivity index (χ1n) is 9.97. The smallest absolute Gasteiger partial charge is 0.276 e. The number of rotatable bonds is 5. The number of hydrogen-bond donors (Lipinski definition) is 0. The van der Waals surface area contributed by atoms with Gasteiger partial charge in [-0.15, -0.1) is 5.10 Å². The maximum atomic E-state index is 14.1. The molecule has 0 bridgehead atoms. The van der Waals surface area contributed by atoms with E-state index in [9.17, 15) is 19.3 Å². The van der Waals surface area contributed by atoms with Crippen molar-refractivity contribution in [1.29, 1.82) is 0 Å². The second-order valence-electron chi connectivity index (χ2n) is 7.48. The van der Waals surface area contributed by atoms with Gasteiger partial charge in [-0.1, -0.05) is 28.9 Å². The highest BCUT2D eigenvalue weighted by Crippen LogP contribution is 2.22. The lowest BCUT2D eigenvalue weighted by Gasteiger charge is -2.34. The Balaban J connectivity index is 1.44. The van der Waals surface area contributed by atoms with E-state index in [1.165, 1.54) is 22.9 Å². The minimum absolute atomic E-state index is 0.0728. The van der Waals surface area contributed by atoms with Gasteiger partial charge >= 0.3 is 0 Å². The van der Waals surface area contributed by atoms with E-state index in [-0.39, 0.29) is 23.1 Å². The van der Waals surface area contributed by atoms with Gasteiger partial charge in [0.1, 0.15) is 5.82 Å². The van der Waals surface area contributed by atoms with Gasteiger partial charge in [0.15, 0.2) is 5.69 Å². The second-order valence-corrected chi connectivity index (χ2v) is 7.89. The van der Waals surface area contributed by atoms with E-state index in [1.807, 2.05) is 4.90 Å². The third-order valence-electron chi connectivity index (χ3n) is 5.49. The van der Waals surface area contributed by atoms with Crippen LogP contribution in [0, 0.1) is 22.9 Å². The van der Waals surface area contributed by atoms with Crippen molar-refractivity contribution in [3.8, 4) is 5.69 Å². The number of benzene rings is 2. The van der Waals surface area contributed by atoms with Crippen molar-refractivity contribution in [2.75, 3.05) is 26.2 Å². The van der Waals surface area contributed by atoms with E-state index >= 15 is 0 Å². The highest BCUT2D eigenvalue weighted by atomic mass is 35.5. The molecule has 1 saturated heterocycles. The largest absolute Gasteiger partial charge is 0.335 e. The van der Waals surface area contributed by atoms with Gasteiger partial charge in [0.05, 0.1) is 16.3 Å². The molecule has 2 aromatic carbocycles. The first kappa shape index (κ1) is 21.8. The summed E-state index contributed by atoms with van der Waals surface area (Å²) in [5.74, 6) is -0.604. The van der Waals surface area contributed by atoms with Crippen molar-refractivity contribution < 1.29 is 14.1 Å². The molecule has 1 aliphatic rings. The van der Waals surface area contributed by atoms with Crippen molar-refractivity contribution in [2.45, 2.75) is 13.5 Å². The molecule has 1 fully saturated rings. The third-order valence-corrected chi connectivity index (χ3v) is 5.84. The van der Waals surface area contributed by atoms with E-state index < -0.39 is 4.92 Å². The van der Waals surface area contributed by atoms with Gasteiger partial charge in [-0.3, -0.25) is 19.8 Å². The Labute approximate surface area is 188 Å². The van der Waals surface area contributed by atoms with E-state index in [0.29, 0.717) is 54.7 Å². The fourth-order valence-corrected chi connectivity index (χ4v) is 3.90. The van der Waals surface area contributed by atoms with Gasteiger partial charge in [0.25, 0.3) is 11.6 Å². The predicted molar refractivity (Wildman–Crippen MR) is 115 cm³/mol. The maximum absolute atomic E-state index is 14.1. The minimum atomic E-state index is -0.490. The molecule has 1 aromatic heterocycles. The third kappa shape index (κ3) is 4.32. The van der Waals surface area contributed by atoms with Crippen LogP contribution in [0.25, 0.3) is 5.69 Å². The number of halogens is 2. The molecule has 4 rings (SSSR count). The predicted octanol–water partition coefficient (Wildman–Crippen LogP) is 3.23. The Bertz CT molecular complexity index is 1160. The number of nitro benzene ring substituents is 1. The highest BCUT2D eigenvalue weighted by Gasteiger charge is 2.27. The number of carbonyl (C=O) groups excluding carboxylic acids is 1. The topological polar surface area (TPSA) is 97.4 Å². The standard InChI is InChI=1S/C21H20ClFN6O3/c1-14-20(24-25-28(14)15-4-2-5-16(12-15)29(31)32)21(30)27-10-8-26(9-11-27)13-17-18(22)6-3-7-19(17)23/h2-7,12H,8-11,13H2,1H3. The van der Waals surface area contributed by atoms with Crippen LogP contribution in [0.2, 0.25) is 5.02 Å². The number of nitrogens with zero attached hydrogens (tertiary/aromatic N) is 6. The summed E-state index contributed by atoms with van der Waals surface area (Å²) in [5, 5.41) is 19.5. The number of carbonyl (C=O) groups is 1. The van der Waals surface area contributed by atoms with Crippen molar-refractivity contribution in [3.05, 3.63) is 80.4 Å². The fourth-order valence-electron chi connectivity index (χ4n) is 3.68. The zero-order valence-electron chi connectivity index (χ0n) is 17.2. The average Bonchev–Trinajstić information content (AvgIpc) is 3.17. The Kier molecular flexibility index (Phi) is 6.15. The van der Waals surface area contributed by atoms with Crippen LogP contribution in [0.5, 0.6) is 0 Å². The van der Waals surface area contributed by atoms with Crippen LogP contribution < -0.4 is 0 Å². The fraction of sp³-hybridized carbons (Fsp3) is 0.286. The van der Waals surface area contributed by atoms with E-state index in [2.05, 4.69) is 10.3 Å². The highest BCUT2D eigenvalue weighted by molar-refractivity contribution is 6.31. The summed E-state index contributed by atoms with van der Waals surface area (Å²) in [4.78, 5) is 27.3. The molecule has 0 N–H and O–H groups in total. The van der Waals surface area contributed by atoms with Crippen molar-refractivity contribution in [2.24, 2.45) is 0 Å². The summed E-state index contributed by atoms with van der Waals surface area (Å²) in [7, 11) is 0. The lowest BCUT2D eigenvalue weighted by atomic mass is 10.1. The molecule has 0 aliphatic carbocycles. The number of nitro groups is 1. The molecule has 0 spiro atoms. The molecular weight excluding hydrogens is 439 g/mol. The van der Waals surface area contributed by atoms with Crippen LogP contribution in [-0.2, 0) is 6.54 Å². The number of piperazine rings is 1. The average molecular weight is 459 g/mol. The van der Waals surface area contributed by atoms with Crippen LogP contribution in [0.3, 0.4) is 0 Å². The Hall–Kier alpha value is -3.37. The molecule has 0 atom stereocenters. The van der Waals surface area contributed by atoms with E-state index in [1.54, 1.807) is 36.1 Å². The maximum Gasteiger partial charge on any atom is 0.276 e. The summed E-state index contributed by atoms with van der Waals surface area (Å²) >= 11 is 6.12. The molecule has 0 saturated carbocycles. The van der Waals surface area contributed by atoms with Gasteiger partial charge in [-0.25, -0.2) is 9.07 Å². The van der Waals surface area contributed by atoms with Crippen molar-refractivity contribution >= 4 is 23.2 Å². The molecule has 2 heterocycles. The van der Waals surface area contributed by atoms with Crippen molar-refractivity contribution in [3.63, 3.8) is 0 Å². The first-order valence-corrected chi connectivity index (χ1v) is 10.3. The van der Waals surface area contributed by atoms with Gasteiger partial charge in [0, 0.05) is 55.4 Å². The van der Waals surface area contributed by atoms with Gasteiger partial charge in [-0.05, 0) is 25.1 Å². The van der Waals surface area contributed by atoms with Crippen LogP contribution in [0.1, 0.15) is 21.7 Å². The summed E-state index contributed by atoms with van der Waals surface area (Å²) < 4.78 is 15.5. The Morgan fingerprint density at radius 1 is 1.19 bits per heavy atom. The molecule has 1 amide bonds. The molecule has 1 aliphatic heterocycles. The quantitative estimate of drug-likeness (QED) is 0.430. The monoisotopic (exact) mass is 458 g/mol. The summed E-state index contributed by atoms with van der Waals surface area (Å²) in [6.07, 6.45) is 0. The summed E-state index contributed by atoms with van der Waals surface area (Å²) in [6.45, 7) is 4.10. The molecule has 3 aromatic rings.